The summed E-state index contributed by atoms with van der Waals surface area (Å²) in [6, 6.07) is 4.67. The van der Waals surface area contributed by atoms with Gasteiger partial charge in [0.25, 0.3) is 5.56 Å². The Balaban J connectivity index is 1.78. The molecule has 0 unspecified atom stereocenters. The summed E-state index contributed by atoms with van der Waals surface area (Å²) >= 11 is 0. The van der Waals surface area contributed by atoms with Crippen LogP contribution in [0.25, 0.3) is 21.8 Å². The third kappa shape index (κ3) is 4.66. The highest BCUT2D eigenvalue weighted by molar-refractivity contribution is 7.89. The number of benzene rings is 1. The number of nitrogens with one attached hydrogen (secondary N) is 3. The van der Waals surface area contributed by atoms with E-state index >= 15 is 0 Å². The van der Waals surface area contributed by atoms with E-state index in [9.17, 15) is 18.0 Å². The number of H-pyrrole nitrogens is 2. The lowest BCUT2D eigenvalue weighted by Crippen LogP contribution is -2.41. The molecule has 4 rings (SSSR count). The van der Waals surface area contributed by atoms with Crippen molar-refractivity contribution in [3.63, 3.8) is 0 Å². The van der Waals surface area contributed by atoms with Gasteiger partial charge in [0.05, 0.1) is 11.4 Å². The van der Waals surface area contributed by atoms with Gasteiger partial charge in [-0.25, -0.2) is 8.42 Å². The Morgan fingerprint density at radius 3 is 2.85 bits per heavy atom. The van der Waals surface area contributed by atoms with Crippen LogP contribution in [0, 0.1) is 12.3 Å². The van der Waals surface area contributed by atoms with Gasteiger partial charge >= 0.3 is 5.97 Å². The molecule has 4 N–H and O–H groups in total. The van der Waals surface area contributed by atoms with Crippen LogP contribution in [0.3, 0.4) is 0 Å². The van der Waals surface area contributed by atoms with E-state index < -0.39 is 16.0 Å². The maximum absolute atomic E-state index is 13.5. The summed E-state index contributed by atoms with van der Waals surface area (Å²) in [7, 11) is -3.87. The Hall–Kier alpha value is -3.13. The summed E-state index contributed by atoms with van der Waals surface area (Å²) < 4.78 is 28.3. The topological polar surface area (TPSA) is 135 Å². The van der Waals surface area contributed by atoms with Crippen molar-refractivity contribution in [3.8, 4) is 12.3 Å². The van der Waals surface area contributed by atoms with E-state index in [1.165, 1.54) is 10.4 Å². The number of hydrogen-bond acceptors (Lipinski definition) is 5. The van der Waals surface area contributed by atoms with Gasteiger partial charge in [0.15, 0.2) is 0 Å². The molecule has 0 amide bonds. The molecule has 1 atom stereocenters. The standard InChI is InChI=1S/C23H26N4O5S/c1-2-11-27(14-16-6-4-10-24-16)33(31,32)17-8-9-19-18(12-17)21-15(5-3-7-20(28)29)13-25-22(21)23(30)26-19/h1,8-9,12-13,16,24-25H,3-7,10-11,14H2,(H,26,30)(H,28,29)/t16-/m0/s1. The molecular formula is C23H26N4O5S. The largest absolute Gasteiger partial charge is 0.481 e. The van der Waals surface area contributed by atoms with Crippen LogP contribution in [0.15, 0.2) is 34.1 Å². The van der Waals surface area contributed by atoms with Crippen molar-refractivity contribution in [2.24, 2.45) is 0 Å². The Bertz CT molecular complexity index is 1390. The Morgan fingerprint density at radius 1 is 1.33 bits per heavy atom. The number of nitrogens with zero attached hydrogens (tertiary/aromatic N) is 1. The lowest BCUT2D eigenvalue weighted by atomic mass is 10.0. The number of sulfonamides is 1. The van der Waals surface area contributed by atoms with Gasteiger partial charge in [-0.05, 0) is 56.0 Å². The van der Waals surface area contributed by atoms with Gasteiger partial charge in [-0.3, -0.25) is 9.59 Å². The molecule has 1 fully saturated rings. The zero-order valence-electron chi connectivity index (χ0n) is 18.1. The molecule has 0 saturated carbocycles. The van der Waals surface area contributed by atoms with Gasteiger partial charge < -0.3 is 20.4 Å². The number of carboxylic acids is 1. The summed E-state index contributed by atoms with van der Waals surface area (Å²) in [6.45, 7) is 1.11. The minimum absolute atomic E-state index is 0.00365. The molecule has 174 valence electrons. The summed E-state index contributed by atoms with van der Waals surface area (Å²) in [5.74, 6) is 1.56. The zero-order valence-corrected chi connectivity index (χ0v) is 18.9. The Morgan fingerprint density at radius 2 is 2.15 bits per heavy atom. The van der Waals surface area contributed by atoms with Crippen LogP contribution in [-0.2, 0) is 21.2 Å². The molecule has 3 heterocycles. The molecule has 1 aromatic carbocycles. The molecule has 1 aliphatic heterocycles. The SMILES string of the molecule is C#CCN(C[C@@H]1CCCN1)S(=O)(=O)c1ccc2[nH]c(=O)c3[nH]cc(CCCC(=O)O)c3c2c1. The van der Waals surface area contributed by atoms with Crippen molar-refractivity contribution in [2.75, 3.05) is 19.6 Å². The van der Waals surface area contributed by atoms with E-state index in [0.717, 1.165) is 24.9 Å². The van der Waals surface area contributed by atoms with Gasteiger partial charge in [-0.15, -0.1) is 6.42 Å². The van der Waals surface area contributed by atoms with Crippen molar-refractivity contribution >= 4 is 37.8 Å². The van der Waals surface area contributed by atoms with Gasteiger partial charge in [-0.1, -0.05) is 5.92 Å². The zero-order chi connectivity index (χ0) is 23.6. The fraction of sp³-hybridized carbons (Fsp3) is 0.391. The predicted molar refractivity (Wildman–Crippen MR) is 126 cm³/mol. The normalized spacial score (nSPS) is 16.5. The van der Waals surface area contributed by atoms with E-state index in [1.54, 1.807) is 18.3 Å². The summed E-state index contributed by atoms with van der Waals surface area (Å²) in [6.07, 6.45) is 9.88. The van der Waals surface area contributed by atoms with Crippen LogP contribution in [0.1, 0.15) is 31.2 Å². The van der Waals surface area contributed by atoms with Crippen molar-refractivity contribution in [1.29, 1.82) is 0 Å². The molecule has 33 heavy (non-hydrogen) atoms. The van der Waals surface area contributed by atoms with E-state index in [-0.39, 0.29) is 36.0 Å². The van der Waals surface area contributed by atoms with Gasteiger partial charge in [-0.2, -0.15) is 4.31 Å². The molecule has 0 radical (unpaired) electrons. The second kappa shape index (κ2) is 9.39. The molecule has 0 bridgehead atoms. The van der Waals surface area contributed by atoms with Crippen LogP contribution in [0.2, 0.25) is 0 Å². The Labute approximate surface area is 191 Å². The number of carbonyl (C=O) groups is 1. The first-order valence-electron chi connectivity index (χ1n) is 10.9. The second-order valence-electron chi connectivity index (χ2n) is 8.27. The van der Waals surface area contributed by atoms with Crippen LogP contribution in [0.5, 0.6) is 0 Å². The highest BCUT2D eigenvalue weighted by Crippen LogP contribution is 2.29. The van der Waals surface area contributed by atoms with Gasteiger partial charge in [0.1, 0.15) is 5.52 Å². The number of aromatic amines is 2. The second-order valence-corrected chi connectivity index (χ2v) is 10.2. The van der Waals surface area contributed by atoms with Crippen LogP contribution in [-0.4, -0.2) is 59.4 Å². The summed E-state index contributed by atoms with van der Waals surface area (Å²) in [4.78, 5) is 29.2. The monoisotopic (exact) mass is 470 g/mol. The molecule has 0 spiro atoms. The van der Waals surface area contributed by atoms with E-state index in [1.807, 2.05) is 0 Å². The molecule has 9 nitrogen and oxygen atoms in total. The van der Waals surface area contributed by atoms with Crippen molar-refractivity contribution in [1.82, 2.24) is 19.6 Å². The first-order chi connectivity index (χ1) is 15.8. The molecule has 0 aliphatic carbocycles. The summed E-state index contributed by atoms with van der Waals surface area (Å²) in [5.41, 5.74) is 1.29. The number of carboxylic acid groups (broad SMARTS) is 1. The fourth-order valence-electron chi connectivity index (χ4n) is 4.42. The van der Waals surface area contributed by atoms with Crippen molar-refractivity contribution < 1.29 is 18.3 Å². The fourth-order valence-corrected chi connectivity index (χ4v) is 5.85. The third-order valence-corrected chi connectivity index (χ3v) is 7.83. The van der Waals surface area contributed by atoms with Crippen LogP contribution >= 0.6 is 0 Å². The first kappa shape index (κ1) is 23.0. The maximum Gasteiger partial charge on any atom is 0.303 e. The van der Waals surface area contributed by atoms with Crippen molar-refractivity contribution in [2.45, 2.75) is 43.0 Å². The van der Waals surface area contributed by atoms with Crippen molar-refractivity contribution in [3.05, 3.63) is 40.3 Å². The van der Waals surface area contributed by atoms with E-state index in [4.69, 9.17) is 11.5 Å². The highest BCUT2D eigenvalue weighted by Gasteiger charge is 2.28. The molecule has 1 aliphatic rings. The highest BCUT2D eigenvalue weighted by atomic mass is 32.2. The molecule has 10 heteroatoms. The van der Waals surface area contributed by atoms with Gasteiger partial charge in [0.2, 0.25) is 10.0 Å². The maximum atomic E-state index is 13.5. The summed E-state index contributed by atoms with van der Waals surface area (Å²) in [5, 5.41) is 13.4. The quantitative estimate of drug-likeness (QED) is 0.352. The number of rotatable bonds is 9. The number of aryl methyl sites for hydroxylation is 1. The first-order valence-corrected chi connectivity index (χ1v) is 12.3. The smallest absolute Gasteiger partial charge is 0.303 e. The molecule has 1 saturated heterocycles. The number of aromatic nitrogens is 2. The lowest BCUT2D eigenvalue weighted by Gasteiger charge is -2.23. The van der Waals surface area contributed by atoms with Crippen LogP contribution < -0.4 is 10.9 Å². The minimum atomic E-state index is -3.87. The van der Waals surface area contributed by atoms with E-state index in [2.05, 4.69) is 21.2 Å². The van der Waals surface area contributed by atoms with Crippen LogP contribution in [0.4, 0.5) is 0 Å². The average molecular weight is 471 g/mol. The number of fused-ring (bicyclic) bond motifs is 3. The number of hydrogen-bond donors (Lipinski definition) is 4. The van der Waals surface area contributed by atoms with E-state index in [0.29, 0.717) is 34.6 Å². The molecular weight excluding hydrogens is 444 g/mol. The number of pyridine rings is 1. The third-order valence-electron chi connectivity index (χ3n) is 6.03. The Kier molecular flexibility index (Phi) is 6.56. The minimum Gasteiger partial charge on any atom is -0.481 e. The molecule has 3 aromatic rings. The predicted octanol–water partition coefficient (Wildman–Crippen LogP) is 1.79. The lowest BCUT2D eigenvalue weighted by molar-refractivity contribution is -0.137. The number of aliphatic carboxylic acids is 1. The average Bonchev–Trinajstić information content (AvgIpc) is 3.43. The number of terminal acetylenes is 1. The van der Waals surface area contributed by atoms with Gasteiger partial charge in [0, 0.05) is 41.5 Å². The molecule has 2 aromatic heterocycles.